The molecule has 1 saturated heterocycles. The van der Waals surface area contributed by atoms with Gasteiger partial charge in [-0.2, -0.15) is 0 Å². The molecule has 0 amide bonds. The van der Waals surface area contributed by atoms with Gasteiger partial charge in [-0.1, -0.05) is 17.8 Å². The lowest BCUT2D eigenvalue weighted by Crippen LogP contribution is -2.21. The highest BCUT2D eigenvalue weighted by Crippen LogP contribution is 2.33. The number of anilines is 1. The Kier molecular flexibility index (Phi) is 2.59. The van der Waals surface area contributed by atoms with Crippen LogP contribution in [0.15, 0.2) is 27.7 Å². The van der Waals surface area contributed by atoms with Gasteiger partial charge in [-0.25, -0.2) is 0 Å². The van der Waals surface area contributed by atoms with Crippen LogP contribution in [0.4, 0.5) is 5.69 Å². The molecule has 5 heteroatoms. The van der Waals surface area contributed by atoms with Crippen molar-refractivity contribution >= 4 is 38.5 Å². The van der Waals surface area contributed by atoms with Gasteiger partial charge in [0, 0.05) is 29.0 Å². The van der Waals surface area contributed by atoms with Crippen molar-refractivity contribution in [2.75, 3.05) is 24.6 Å². The van der Waals surface area contributed by atoms with E-state index in [1.165, 1.54) is 16.5 Å². The summed E-state index contributed by atoms with van der Waals surface area (Å²) >= 11 is 5.27. The predicted molar refractivity (Wildman–Crippen MR) is 72.8 cm³/mol. The maximum atomic E-state index is 5.89. The summed E-state index contributed by atoms with van der Waals surface area (Å²) in [6.45, 7) is 2.13. The fourth-order valence-electron chi connectivity index (χ4n) is 2.05. The number of benzene rings is 1. The molecule has 2 N–H and O–H groups in total. The van der Waals surface area contributed by atoms with E-state index in [0.717, 1.165) is 23.2 Å². The van der Waals surface area contributed by atoms with E-state index >= 15 is 0 Å². The summed E-state index contributed by atoms with van der Waals surface area (Å²) in [5, 5.41) is 1.20. The zero-order valence-corrected chi connectivity index (χ0v) is 11.1. The lowest BCUT2D eigenvalue weighted by molar-refractivity contribution is 0.464. The van der Waals surface area contributed by atoms with Crippen LogP contribution in [0.3, 0.4) is 0 Å². The number of thioether (sulfide) groups is 1. The smallest absolute Gasteiger partial charge is 0.160 e. The Labute approximate surface area is 107 Å². The molecule has 0 aliphatic carbocycles. The third-order valence-electron chi connectivity index (χ3n) is 2.93. The molecule has 1 aromatic carbocycles. The summed E-state index contributed by atoms with van der Waals surface area (Å²) in [4.78, 5) is 7.08. The minimum absolute atomic E-state index is 0.262. The van der Waals surface area contributed by atoms with Crippen LogP contribution in [-0.2, 0) is 0 Å². The molecule has 1 fully saturated rings. The molecule has 0 spiro atoms. The van der Waals surface area contributed by atoms with E-state index in [2.05, 4.69) is 26.9 Å². The molecule has 1 unspecified atom stereocenters. The van der Waals surface area contributed by atoms with E-state index in [9.17, 15) is 0 Å². The first-order chi connectivity index (χ1) is 7.74. The molecule has 0 radical (unpaired) electrons. The fourth-order valence-corrected chi connectivity index (χ4v) is 3.35. The Balaban J connectivity index is 1.89. The van der Waals surface area contributed by atoms with Gasteiger partial charge in [0.15, 0.2) is 5.17 Å². The van der Waals surface area contributed by atoms with Crippen molar-refractivity contribution in [3.05, 3.63) is 28.2 Å². The van der Waals surface area contributed by atoms with E-state index in [4.69, 9.17) is 10.7 Å². The standard InChI is InChI=1S/C11H12BrN3S/c12-8-2-1-7(5-9(8)13)10-6-15-3-4-16-11(15)14-10/h1-2,5,10H,3-4,6,13H2. The van der Waals surface area contributed by atoms with Gasteiger partial charge in [0.2, 0.25) is 0 Å². The van der Waals surface area contributed by atoms with Gasteiger partial charge in [-0.05, 0) is 33.6 Å². The van der Waals surface area contributed by atoms with Gasteiger partial charge in [0.05, 0.1) is 6.04 Å². The molecular formula is C11H12BrN3S. The Hall–Kier alpha value is -0.680. The van der Waals surface area contributed by atoms with Crippen molar-refractivity contribution in [3.63, 3.8) is 0 Å². The molecule has 0 saturated carbocycles. The maximum absolute atomic E-state index is 5.89. The number of halogens is 1. The fraction of sp³-hybridized carbons (Fsp3) is 0.364. The van der Waals surface area contributed by atoms with Gasteiger partial charge >= 0.3 is 0 Å². The van der Waals surface area contributed by atoms with Crippen molar-refractivity contribution in [2.24, 2.45) is 4.99 Å². The molecule has 2 aliphatic heterocycles. The number of amidine groups is 1. The Morgan fingerprint density at radius 1 is 1.50 bits per heavy atom. The highest BCUT2D eigenvalue weighted by molar-refractivity contribution is 9.10. The largest absolute Gasteiger partial charge is 0.398 e. The van der Waals surface area contributed by atoms with Gasteiger partial charge < -0.3 is 10.6 Å². The number of nitrogens with zero attached hydrogens (tertiary/aromatic N) is 2. The lowest BCUT2D eigenvalue weighted by atomic mass is 10.1. The maximum Gasteiger partial charge on any atom is 0.160 e. The lowest BCUT2D eigenvalue weighted by Gasteiger charge is -2.13. The van der Waals surface area contributed by atoms with Crippen LogP contribution in [0.1, 0.15) is 11.6 Å². The van der Waals surface area contributed by atoms with Crippen molar-refractivity contribution in [1.29, 1.82) is 0 Å². The van der Waals surface area contributed by atoms with Crippen LogP contribution in [0.5, 0.6) is 0 Å². The number of hydrogen-bond donors (Lipinski definition) is 1. The van der Waals surface area contributed by atoms with Crippen LogP contribution >= 0.6 is 27.7 Å². The van der Waals surface area contributed by atoms with E-state index in [0.29, 0.717) is 0 Å². The highest BCUT2D eigenvalue weighted by Gasteiger charge is 2.30. The first kappa shape index (κ1) is 10.5. The average molecular weight is 298 g/mol. The minimum Gasteiger partial charge on any atom is -0.398 e. The molecule has 84 valence electrons. The van der Waals surface area contributed by atoms with Gasteiger partial charge in [0.1, 0.15) is 0 Å². The molecule has 2 heterocycles. The first-order valence-corrected chi connectivity index (χ1v) is 7.02. The summed E-state index contributed by atoms with van der Waals surface area (Å²) in [5.41, 5.74) is 7.89. The highest BCUT2D eigenvalue weighted by atomic mass is 79.9. The topological polar surface area (TPSA) is 41.6 Å². The van der Waals surface area contributed by atoms with Gasteiger partial charge in [0.25, 0.3) is 0 Å². The second-order valence-electron chi connectivity index (χ2n) is 4.00. The molecule has 3 nitrogen and oxygen atoms in total. The van der Waals surface area contributed by atoms with Gasteiger partial charge in [-0.15, -0.1) is 0 Å². The van der Waals surface area contributed by atoms with Crippen LogP contribution in [0.2, 0.25) is 0 Å². The summed E-state index contributed by atoms with van der Waals surface area (Å²) < 4.78 is 0.955. The average Bonchev–Trinajstić information content (AvgIpc) is 2.81. The first-order valence-electron chi connectivity index (χ1n) is 5.24. The number of nitrogens with two attached hydrogens (primary N) is 1. The van der Waals surface area contributed by atoms with E-state index < -0.39 is 0 Å². The van der Waals surface area contributed by atoms with Crippen LogP contribution in [-0.4, -0.2) is 28.9 Å². The summed E-state index contributed by atoms with van der Waals surface area (Å²) in [5.74, 6) is 1.17. The molecule has 16 heavy (non-hydrogen) atoms. The van der Waals surface area contributed by atoms with Crippen molar-refractivity contribution < 1.29 is 0 Å². The summed E-state index contributed by atoms with van der Waals surface area (Å²) in [7, 11) is 0. The number of aliphatic imine (C=N–C) groups is 1. The van der Waals surface area contributed by atoms with E-state index in [1.807, 2.05) is 23.9 Å². The van der Waals surface area contributed by atoms with Crippen molar-refractivity contribution in [3.8, 4) is 0 Å². The van der Waals surface area contributed by atoms with E-state index in [-0.39, 0.29) is 6.04 Å². The molecule has 1 aromatic rings. The monoisotopic (exact) mass is 297 g/mol. The number of rotatable bonds is 1. The third-order valence-corrected chi connectivity index (χ3v) is 4.66. The number of fused-ring (bicyclic) bond motifs is 1. The second-order valence-corrected chi connectivity index (χ2v) is 5.92. The normalized spacial score (nSPS) is 23.4. The van der Waals surface area contributed by atoms with Crippen molar-refractivity contribution in [1.82, 2.24) is 4.90 Å². The molecule has 0 bridgehead atoms. The van der Waals surface area contributed by atoms with Crippen LogP contribution in [0, 0.1) is 0 Å². The Morgan fingerprint density at radius 3 is 3.12 bits per heavy atom. The number of nitrogen functional groups attached to an aromatic ring is 1. The zero-order chi connectivity index (χ0) is 11.1. The van der Waals surface area contributed by atoms with Crippen LogP contribution in [0.25, 0.3) is 0 Å². The number of hydrogen-bond acceptors (Lipinski definition) is 4. The molecule has 0 aromatic heterocycles. The molecule has 3 rings (SSSR count). The molecule has 1 atom stereocenters. The third kappa shape index (κ3) is 1.72. The van der Waals surface area contributed by atoms with Crippen LogP contribution < -0.4 is 5.73 Å². The molecule has 2 aliphatic rings. The zero-order valence-electron chi connectivity index (χ0n) is 8.69. The van der Waals surface area contributed by atoms with E-state index in [1.54, 1.807) is 0 Å². The quantitative estimate of drug-likeness (QED) is 0.810. The van der Waals surface area contributed by atoms with Crippen molar-refractivity contribution in [2.45, 2.75) is 6.04 Å². The predicted octanol–water partition coefficient (Wildman–Crippen LogP) is 2.49. The summed E-state index contributed by atoms with van der Waals surface area (Å²) in [6.07, 6.45) is 0. The van der Waals surface area contributed by atoms with Gasteiger partial charge in [-0.3, -0.25) is 4.99 Å². The minimum atomic E-state index is 0.262. The SMILES string of the molecule is Nc1cc(C2CN3CCSC3=N2)ccc1Br. The summed E-state index contributed by atoms with van der Waals surface area (Å²) in [6, 6.07) is 6.38. The second kappa shape index (κ2) is 3.96. The Bertz CT molecular complexity index is 461. The molecular weight excluding hydrogens is 286 g/mol. The Morgan fingerprint density at radius 2 is 2.38 bits per heavy atom.